The van der Waals surface area contributed by atoms with Crippen LogP contribution in [-0.2, 0) is 30.9 Å². The summed E-state index contributed by atoms with van der Waals surface area (Å²) >= 11 is 11.7. The Morgan fingerprint density at radius 1 is 1.16 bits per heavy atom. The Bertz CT molecular complexity index is 1340. The lowest BCUT2D eigenvalue weighted by atomic mass is 10.1. The Kier molecular flexibility index (Phi) is 11.7. The van der Waals surface area contributed by atoms with Gasteiger partial charge in [0, 0.05) is 15.7 Å². The van der Waals surface area contributed by atoms with Gasteiger partial charge in [-0.15, -0.1) is 0 Å². The van der Waals surface area contributed by atoms with Gasteiger partial charge in [-0.3, -0.25) is 14.3 Å². The van der Waals surface area contributed by atoms with Crippen molar-refractivity contribution in [1.82, 2.24) is 10.3 Å². The molecular formula is C19H21Cl2F3N6O7S. The zero-order chi connectivity index (χ0) is 29.3. The van der Waals surface area contributed by atoms with Gasteiger partial charge in [0.15, 0.2) is 0 Å². The highest BCUT2D eigenvalue weighted by Crippen LogP contribution is 2.24. The molecule has 2 aromatic rings. The summed E-state index contributed by atoms with van der Waals surface area (Å²) in [7, 11) is -4.21. The molecule has 2 rings (SSSR count). The first-order valence-corrected chi connectivity index (χ1v) is 12.2. The van der Waals surface area contributed by atoms with E-state index >= 15 is 0 Å². The van der Waals surface area contributed by atoms with E-state index in [1.165, 1.54) is 24.3 Å². The van der Waals surface area contributed by atoms with Crippen LogP contribution < -0.4 is 27.1 Å². The van der Waals surface area contributed by atoms with Crippen molar-refractivity contribution in [3.05, 3.63) is 55.9 Å². The number of carbonyl (C=O) groups is 2. The molecular weight excluding hydrogens is 584 g/mol. The highest BCUT2D eigenvalue weighted by molar-refractivity contribution is 7.92. The van der Waals surface area contributed by atoms with E-state index in [-0.39, 0.29) is 51.7 Å². The number of guanidine groups is 1. The number of hydrogen-bond donors (Lipinski definition) is 6. The molecule has 19 heteroatoms. The summed E-state index contributed by atoms with van der Waals surface area (Å²) in [4.78, 5) is 40.6. The van der Waals surface area contributed by atoms with E-state index in [0.29, 0.717) is 5.69 Å². The molecule has 0 unspecified atom stereocenters. The van der Waals surface area contributed by atoms with E-state index in [1.54, 1.807) is 6.92 Å². The van der Waals surface area contributed by atoms with Crippen LogP contribution in [0.3, 0.4) is 0 Å². The molecule has 1 amide bonds. The van der Waals surface area contributed by atoms with Crippen molar-refractivity contribution < 1.29 is 41.1 Å². The van der Waals surface area contributed by atoms with Crippen molar-refractivity contribution in [1.29, 1.82) is 0 Å². The molecule has 0 fully saturated rings. The summed E-state index contributed by atoms with van der Waals surface area (Å²) < 4.78 is 59.4. The van der Waals surface area contributed by atoms with Gasteiger partial charge in [0.25, 0.3) is 15.6 Å². The van der Waals surface area contributed by atoms with E-state index in [4.69, 9.17) is 49.4 Å². The standard InChI is InChI=1S/C17H20Cl2N6O5S.C2HF3O2/c1-9-4-10(5-14(26)22-2-3-30-24-17(20)21)15(16(27)23-9)25-31(28,29)13-7-11(18)6-12(19)8-13;3-2(4,5)1(6)7/h4,6-8,25H,2-3,5H2,1H3,(H,22,26)(H,23,27)(H4,20,21,24);(H,6,7). The number of carboxylic acid groups (broad SMARTS) is 1. The van der Waals surface area contributed by atoms with Crippen molar-refractivity contribution in [2.75, 3.05) is 17.9 Å². The second-order valence-electron chi connectivity index (χ2n) is 7.07. The van der Waals surface area contributed by atoms with Gasteiger partial charge in [-0.05, 0) is 41.9 Å². The molecule has 0 aliphatic heterocycles. The first kappa shape index (κ1) is 32.3. The largest absolute Gasteiger partial charge is 0.490 e. The van der Waals surface area contributed by atoms with Crippen LogP contribution in [0.1, 0.15) is 11.3 Å². The Balaban J connectivity index is 0.000000905. The molecule has 210 valence electrons. The molecule has 0 radical (unpaired) electrons. The third kappa shape index (κ3) is 11.1. The SMILES string of the molecule is Cc1cc(CC(=O)NCCON=C(N)N)c(NS(=O)(=O)c2cc(Cl)cc(Cl)c2)c(=O)[nH]1.O=C(O)C(F)(F)F. The van der Waals surface area contributed by atoms with Crippen LogP contribution in [0.25, 0.3) is 0 Å². The summed E-state index contributed by atoms with van der Waals surface area (Å²) in [6.45, 7) is 1.69. The van der Waals surface area contributed by atoms with Crippen LogP contribution in [0.15, 0.2) is 39.1 Å². The number of aliphatic carboxylic acids is 1. The maximum atomic E-state index is 12.7. The van der Waals surface area contributed by atoms with Gasteiger partial charge in [0.2, 0.25) is 11.9 Å². The zero-order valence-corrected chi connectivity index (χ0v) is 21.6. The van der Waals surface area contributed by atoms with Gasteiger partial charge in [0.05, 0.1) is 17.9 Å². The Labute approximate surface area is 223 Å². The van der Waals surface area contributed by atoms with Crippen molar-refractivity contribution in [2.24, 2.45) is 16.6 Å². The van der Waals surface area contributed by atoms with Gasteiger partial charge in [0.1, 0.15) is 12.3 Å². The summed E-state index contributed by atoms with van der Waals surface area (Å²) in [5.74, 6) is -3.50. The summed E-state index contributed by atoms with van der Waals surface area (Å²) in [5.41, 5.74) is 9.80. The number of H-pyrrole nitrogens is 1. The van der Waals surface area contributed by atoms with Gasteiger partial charge in [-0.2, -0.15) is 13.2 Å². The molecule has 0 spiro atoms. The van der Waals surface area contributed by atoms with E-state index < -0.39 is 33.6 Å². The molecule has 0 aliphatic rings. The monoisotopic (exact) mass is 604 g/mol. The Hall–Kier alpha value is -3.70. The lowest BCUT2D eigenvalue weighted by Gasteiger charge is -2.13. The van der Waals surface area contributed by atoms with E-state index in [1.807, 2.05) is 0 Å². The number of aromatic nitrogens is 1. The van der Waals surface area contributed by atoms with Crippen LogP contribution in [0, 0.1) is 6.92 Å². The molecule has 13 nitrogen and oxygen atoms in total. The summed E-state index contributed by atoms with van der Waals surface area (Å²) in [6.07, 6.45) is -5.36. The number of alkyl halides is 3. The van der Waals surface area contributed by atoms with E-state index in [2.05, 4.69) is 20.2 Å². The number of nitrogens with two attached hydrogens (primary N) is 2. The number of anilines is 1. The average molecular weight is 605 g/mol. The van der Waals surface area contributed by atoms with Crippen molar-refractivity contribution >= 4 is 56.7 Å². The number of carbonyl (C=O) groups excluding carboxylic acids is 1. The normalized spacial score (nSPS) is 11.0. The smallest absolute Gasteiger partial charge is 0.475 e. The molecule has 0 saturated heterocycles. The quantitative estimate of drug-likeness (QED) is 0.105. The van der Waals surface area contributed by atoms with Crippen LogP contribution in [0.5, 0.6) is 0 Å². The number of aromatic amines is 1. The van der Waals surface area contributed by atoms with Crippen LogP contribution in [0.2, 0.25) is 10.0 Å². The number of oxime groups is 1. The van der Waals surface area contributed by atoms with E-state index in [9.17, 15) is 31.2 Å². The van der Waals surface area contributed by atoms with Gasteiger partial charge in [-0.1, -0.05) is 23.2 Å². The minimum Gasteiger partial charge on any atom is -0.475 e. The van der Waals surface area contributed by atoms with Gasteiger partial charge in [-0.25, -0.2) is 13.2 Å². The zero-order valence-electron chi connectivity index (χ0n) is 19.2. The minimum atomic E-state index is -5.08. The maximum Gasteiger partial charge on any atom is 0.490 e. The highest BCUT2D eigenvalue weighted by atomic mass is 35.5. The predicted octanol–water partition coefficient (Wildman–Crippen LogP) is 1.29. The molecule has 1 aromatic carbocycles. The van der Waals surface area contributed by atoms with Gasteiger partial charge >= 0.3 is 12.1 Å². The fourth-order valence-corrected chi connectivity index (χ4v) is 4.31. The molecule has 0 saturated carbocycles. The van der Waals surface area contributed by atoms with Crippen LogP contribution >= 0.6 is 23.2 Å². The van der Waals surface area contributed by atoms with Crippen molar-refractivity contribution in [3.63, 3.8) is 0 Å². The Morgan fingerprint density at radius 3 is 2.21 bits per heavy atom. The number of benzene rings is 1. The fraction of sp³-hybridized carbons (Fsp3) is 0.263. The molecule has 1 aromatic heterocycles. The third-order valence-corrected chi connectivity index (χ3v) is 5.68. The number of rotatable bonds is 9. The topological polar surface area (TPSA) is 219 Å². The maximum absolute atomic E-state index is 12.7. The molecule has 1 heterocycles. The van der Waals surface area contributed by atoms with Crippen molar-refractivity contribution in [3.8, 4) is 0 Å². The second-order valence-corrected chi connectivity index (χ2v) is 9.63. The first-order valence-electron chi connectivity index (χ1n) is 9.91. The highest BCUT2D eigenvalue weighted by Gasteiger charge is 2.38. The average Bonchev–Trinajstić information content (AvgIpc) is 2.74. The number of carboxylic acids is 1. The molecule has 38 heavy (non-hydrogen) atoms. The number of amides is 1. The number of hydrogen-bond acceptors (Lipinski definition) is 7. The molecule has 0 bridgehead atoms. The van der Waals surface area contributed by atoms with E-state index in [0.717, 1.165) is 0 Å². The van der Waals surface area contributed by atoms with Crippen LogP contribution in [0.4, 0.5) is 18.9 Å². The number of pyridine rings is 1. The summed E-state index contributed by atoms with van der Waals surface area (Å²) in [6, 6.07) is 5.22. The fourth-order valence-electron chi connectivity index (χ4n) is 2.48. The molecule has 8 N–H and O–H groups in total. The summed E-state index contributed by atoms with van der Waals surface area (Å²) in [5, 5.41) is 13.2. The number of aryl methyl sites for hydroxylation is 1. The number of halogens is 5. The lowest BCUT2D eigenvalue weighted by molar-refractivity contribution is -0.192. The second kappa shape index (κ2) is 13.7. The third-order valence-electron chi connectivity index (χ3n) is 3.91. The van der Waals surface area contributed by atoms with Crippen LogP contribution in [-0.4, -0.2) is 55.7 Å². The molecule has 0 atom stereocenters. The lowest BCUT2D eigenvalue weighted by Crippen LogP contribution is -2.30. The number of nitrogens with zero attached hydrogens (tertiary/aromatic N) is 1. The minimum absolute atomic E-state index is 0.00700. The Morgan fingerprint density at radius 2 is 1.71 bits per heavy atom. The number of nitrogens with one attached hydrogen (secondary N) is 3. The predicted molar refractivity (Wildman–Crippen MR) is 131 cm³/mol. The van der Waals surface area contributed by atoms with Gasteiger partial charge < -0.3 is 31.7 Å². The first-order chi connectivity index (χ1) is 17.4. The molecule has 0 aliphatic carbocycles. The van der Waals surface area contributed by atoms with Crippen molar-refractivity contribution in [2.45, 2.75) is 24.4 Å². The number of sulfonamides is 1.